The van der Waals surface area contributed by atoms with Gasteiger partial charge in [0.05, 0.1) is 6.61 Å². The van der Waals surface area contributed by atoms with E-state index in [-0.39, 0.29) is 25.0 Å². The molecule has 11 N–H and O–H groups in total. The maximum atomic E-state index is 13.2. The van der Waals surface area contributed by atoms with E-state index in [1.807, 2.05) is 0 Å². The summed E-state index contributed by atoms with van der Waals surface area (Å²) in [5.41, 5.74) is 11.6. The predicted molar refractivity (Wildman–Crippen MR) is 130 cm³/mol. The number of benzene rings is 1. The largest absolute Gasteiger partial charge is 0.508 e. The van der Waals surface area contributed by atoms with Gasteiger partial charge in [-0.15, -0.1) is 0 Å². The molecule has 4 unspecified atom stereocenters. The molecule has 0 saturated heterocycles. The monoisotopic (exact) mass is 525 g/mol. The molecule has 37 heavy (non-hydrogen) atoms. The number of aliphatic hydroxyl groups excluding tert-OH is 1. The van der Waals surface area contributed by atoms with Gasteiger partial charge >= 0.3 is 11.9 Å². The topological polar surface area (TPSA) is 254 Å². The lowest BCUT2D eigenvalue weighted by molar-refractivity contribution is -0.143. The molecule has 14 heteroatoms. The molecular formula is C23H35N5O9. The summed E-state index contributed by atoms with van der Waals surface area (Å²) in [5, 5.41) is 44.0. The number of carbonyl (C=O) groups is 5. The van der Waals surface area contributed by atoms with Gasteiger partial charge in [0.25, 0.3) is 0 Å². The molecule has 1 rings (SSSR count). The molecule has 0 aromatic heterocycles. The highest BCUT2D eigenvalue weighted by atomic mass is 16.4. The normalized spacial score (nSPS) is 14.0. The van der Waals surface area contributed by atoms with E-state index in [9.17, 15) is 34.2 Å². The highest BCUT2D eigenvalue weighted by Crippen LogP contribution is 2.12. The van der Waals surface area contributed by atoms with Crippen molar-refractivity contribution in [1.29, 1.82) is 0 Å². The molecule has 0 aliphatic rings. The smallest absolute Gasteiger partial charge is 0.326 e. The van der Waals surface area contributed by atoms with Crippen LogP contribution in [0.5, 0.6) is 5.75 Å². The van der Waals surface area contributed by atoms with Gasteiger partial charge in [-0.2, -0.15) is 0 Å². The van der Waals surface area contributed by atoms with Crippen molar-refractivity contribution >= 4 is 29.7 Å². The van der Waals surface area contributed by atoms with Crippen LogP contribution in [-0.4, -0.2) is 87.4 Å². The third-order valence-corrected chi connectivity index (χ3v) is 5.38. The van der Waals surface area contributed by atoms with E-state index < -0.39 is 66.9 Å². The fourth-order valence-corrected chi connectivity index (χ4v) is 3.27. The maximum absolute atomic E-state index is 13.2. The summed E-state index contributed by atoms with van der Waals surface area (Å²) in [6.45, 7) is -0.354. The van der Waals surface area contributed by atoms with Gasteiger partial charge in [0.15, 0.2) is 0 Å². The van der Waals surface area contributed by atoms with Crippen LogP contribution in [0, 0.1) is 0 Å². The third kappa shape index (κ3) is 11.7. The van der Waals surface area contributed by atoms with Crippen LogP contribution in [-0.2, 0) is 30.4 Å². The summed E-state index contributed by atoms with van der Waals surface area (Å²) in [6, 6.07) is 0.587. The lowest BCUT2D eigenvalue weighted by atomic mass is 10.0. The van der Waals surface area contributed by atoms with Crippen molar-refractivity contribution in [3.05, 3.63) is 29.8 Å². The van der Waals surface area contributed by atoms with Crippen LogP contribution in [0.2, 0.25) is 0 Å². The van der Waals surface area contributed by atoms with E-state index in [1.54, 1.807) is 0 Å². The Labute approximate surface area is 213 Å². The minimum Gasteiger partial charge on any atom is -0.508 e. The number of aliphatic hydroxyl groups is 1. The van der Waals surface area contributed by atoms with Gasteiger partial charge in [0.2, 0.25) is 17.7 Å². The van der Waals surface area contributed by atoms with Gasteiger partial charge in [-0.1, -0.05) is 12.1 Å². The quantitative estimate of drug-likeness (QED) is 0.0985. The summed E-state index contributed by atoms with van der Waals surface area (Å²) in [6.07, 6.45) is 0.109. The van der Waals surface area contributed by atoms with E-state index in [2.05, 4.69) is 16.0 Å². The first-order chi connectivity index (χ1) is 17.5. The van der Waals surface area contributed by atoms with Crippen LogP contribution in [0.25, 0.3) is 0 Å². The Hall–Kier alpha value is -3.75. The molecule has 0 heterocycles. The van der Waals surface area contributed by atoms with E-state index >= 15 is 0 Å². The van der Waals surface area contributed by atoms with Crippen LogP contribution in [0.1, 0.15) is 37.7 Å². The molecule has 4 atom stereocenters. The Bertz CT molecular complexity index is 926. The van der Waals surface area contributed by atoms with Gasteiger partial charge < -0.3 is 47.8 Å². The van der Waals surface area contributed by atoms with Crippen LogP contribution < -0.4 is 27.4 Å². The number of carbonyl (C=O) groups excluding carboxylic acids is 3. The van der Waals surface area contributed by atoms with E-state index in [1.165, 1.54) is 24.3 Å². The van der Waals surface area contributed by atoms with Gasteiger partial charge in [-0.3, -0.25) is 19.2 Å². The maximum Gasteiger partial charge on any atom is 0.326 e. The summed E-state index contributed by atoms with van der Waals surface area (Å²) in [5.74, 6) is -5.12. The first kappa shape index (κ1) is 31.3. The number of carboxylic acid groups (broad SMARTS) is 2. The van der Waals surface area contributed by atoms with Gasteiger partial charge in [0, 0.05) is 12.8 Å². The lowest BCUT2D eigenvalue weighted by Gasteiger charge is -2.25. The Kier molecular flexibility index (Phi) is 13.6. The molecule has 0 saturated carbocycles. The highest BCUT2D eigenvalue weighted by Gasteiger charge is 2.30. The fourth-order valence-electron chi connectivity index (χ4n) is 3.27. The van der Waals surface area contributed by atoms with Crippen molar-refractivity contribution in [3.8, 4) is 5.75 Å². The molecule has 0 bridgehead atoms. The van der Waals surface area contributed by atoms with Crippen molar-refractivity contribution in [1.82, 2.24) is 16.0 Å². The number of carboxylic acids is 2. The van der Waals surface area contributed by atoms with Crippen molar-refractivity contribution in [2.75, 3.05) is 13.2 Å². The Morgan fingerprint density at radius 2 is 1.38 bits per heavy atom. The van der Waals surface area contributed by atoms with Crippen LogP contribution in [0.15, 0.2) is 24.3 Å². The Morgan fingerprint density at radius 1 is 0.811 bits per heavy atom. The zero-order chi connectivity index (χ0) is 28.0. The lowest BCUT2D eigenvalue weighted by Crippen LogP contribution is -2.58. The molecule has 0 fully saturated rings. The number of amides is 3. The first-order valence-corrected chi connectivity index (χ1v) is 11.7. The average Bonchev–Trinajstić information content (AvgIpc) is 2.85. The number of rotatable bonds is 17. The zero-order valence-corrected chi connectivity index (χ0v) is 20.3. The second kappa shape index (κ2) is 16.1. The highest BCUT2D eigenvalue weighted by molar-refractivity contribution is 5.94. The Morgan fingerprint density at radius 3 is 1.92 bits per heavy atom. The third-order valence-electron chi connectivity index (χ3n) is 5.38. The van der Waals surface area contributed by atoms with Crippen LogP contribution in [0.3, 0.4) is 0 Å². The second-order valence-electron chi connectivity index (χ2n) is 8.40. The van der Waals surface area contributed by atoms with E-state index in [0.29, 0.717) is 24.9 Å². The van der Waals surface area contributed by atoms with Crippen molar-refractivity contribution in [3.63, 3.8) is 0 Å². The number of hydrogen-bond acceptors (Lipinski definition) is 9. The molecule has 0 radical (unpaired) electrons. The summed E-state index contributed by atoms with van der Waals surface area (Å²) >= 11 is 0. The summed E-state index contributed by atoms with van der Waals surface area (Å²) in [4.78, 5) is 60.7. The number of nitrogens with one attached hydrogen (secondary N) is 3. The number of aliphatic carboxylic acids is 2. The number of aromatic hydroxyl groups is 1. The molecule has 1 aromatic rings. The molecule has 0 aliphatic carbocycles. The minimum absolute atomic E-state index is 0.0105. The van der Waals surface area contributed by atoms with Gasteiger partial charge in [-0.05, 0) is 49.9 Å². The zero-order valence-electron chi connectivity index (χ0n) is 20.3. The summed E-state index contributed by atoms with van der Waals surface area (Å²) in [7, 11) is 0. The molecule has 206 valence electrons. The van der Waals surface area contributed by atoms with Gasteiger partial charge in [-0.25, -0.2) is 4.79 Å². The fraction of sp³-hybridized carbons (Fsp3) is 0.522. The average molecular weight is 526 g/mol. The number of phenols is 1. The van der Waals surface area contributed by atoms with Crippen molar-refractivity contribution < 1.29 is 44.4 Å². The molecule has 0 spiro atoms. The number of hydrogen-bond donors (Lipinski definition) is 9. The SMILES string of the molecule is NCCCCC(NC(=O)C(Cc1ccc(O)cc1)NC(=O)C(N)CO)C(=O)NC(CCC(=O)O)C(=O)O. The second-order valence-corrected chi connectivity index (χ2v) is 8.40. The number of phenolic OH excluding ortho intramolecular Hbond substituents is 1. The van der Waals surface area contributed by atoms with E-state index in [0.717, 1.165) is 0 Å². The molecular weight excluding hydrogens is 490 g/mol. The number of nitrogens with two attached hydrogens (primary N) is 2. The van der Waals surface area contributed by atoms with E-state index in [4.69, 9.17) is 21.7 Å². The van der Waals surface area contributed by atoms with Crippen molar-refractivity contribution in [2.24, 2.45) is 11.5 Å². The Balaban J connectivity index is 3.10. The predicted octanol–water partition coefficient (Wildman–Crippen LogP) is -2.21. The molecule has 3 amide bonds. The minimum atomic E-state index is -1.49. The molecule has 0 aliphatic heterocycles. The van der Waals surface area contributed by atoms with Gasteiger partial charge in [0.1, 0.15) is 29.9 Å². The molecule has 14 nitrogen and oxygen atoms in total. The van der Waals surface area contributed by atoms with Crippen molar-refractivity contribution in [2.45, 2.75) is 62.7 Å². The van der Waals surface area contributed by atoms with Crippen LogP contribution in [0.4, 0.5) is 0 Å². The first-order valence-electron chi connectivity index (χ1n) is 11.7. The standard InChI is InChI=1S/C23H35N5O9/c24-10-2-1-3-16(21(34)27-17(23(36)37)8-9-19(31)32)26-22(35)18(28-20(33)15(25)12-29)11-13-4-6-14(30)7-5-13/h4-7,15-18,29-30H,1-3,8-12,24-25H2,(H,26,35)(H,27,34)(H,28,33)(H,31,32)(H,36,37). The summed E-state index contributed by atoms with van der Waals surface area (Å²) < 4.78 is 0. The number of unbranched alkanes of at least 4 members (excludes halogenated alkanes) is 1. The molecule has 1 aromatic carbocycles. The van der Waals surface area contributed by atoms with Crippen LogP contribution >= 0.6 is 0 Å².